The standard InChI is InChI=1S/C15H19FN2O/c16-13-6-2-1-5-12(13)15(7-8-15)14(19)18-9-3-4-11(17)10-18/h1-2,5-6,11H,3-4,7-10,17H2. The van der Waals surface area contributed by atoms with Crippen LogP contribution in [0.5, 0.6) is 0 Å². The minimum atomic E-state index is -0.609. The van der Waals surface area contributed by atoms with Crippen molar-refractivity contribution < 1.29 is 9.18 Å². The third-order valence-electron chi connectivity index (χ3n) is 4.29. The van der Waals surface area contributed by atoms with Crippen molar-refractivity contribution in [3.63, 3.8) is 0 Å². The van der Waals surface area contributed by atoms with Gasteiger partial charge in [0.25, 0.3) is 0 Å². The zero-order valence-corrected chi connectivity index (χ0v) is 10.9. The molecule has 2 aliphatic rings. The van der Waals surface area contributed by atoms with E-state index in [1.165, 1.54) is 6.07 Å². The molecule has 4 heteroatoms. The van der Waals surface area contributed by atoms with E-state index in [1.807, 2.05) is 4.90 Å². The molecule has 0 radical (unpaired) electrons. The molecular weight excluding hydrogens is 243 g/mol. The molecule has 0 spiro atoms. The quantitative estimate of drug-likeness (QED) is 0.883. The summed E-state index contributed by atoms with van der Waals surface area (Å²) in [6.07, 6.45) is 3.41. The van der Waals surface area contributed by atoms with Crippen LogP contribution in [0.1, 0.15) is 31.2 Å². The summed E-state index contributed by atoms with van der Waals surface area (Å²) >= 11 is 0. The number of rotatable bonds is 2. The molecule has 102 valence electrons. The Balaban J connectivity index is 1.85. The molecule has 1 amide bonds. The number of hydrogen-bond donors (Lipinski definition) is 1. The molecule has 0 bridgehead atoms. The van der Waals surface area contributed by atoms with Crippen LogP contribution in [-0.4, -0.2) is 29.9 Å². The van der Waals surface area contributed by atoms with Crippen molar-refractivity contribution >= 4 is 5.91 Å². The van der Waals surface area contributed by atoms with Gasteiger partial charge in [0, 0.05) is 24.7 Å². The molecule has 1 heterocycles. The van der Waals surface area contributed by atoms with Crippen LogP contribution in [0.25, 0.3) is 0 Å². The van der Waals surface area contributed by atoms with Crippen LogP contribution in [0.15, 0.2) is 24.3 Å². The Kier molecular flexibility index (Phi) is 3.05. The zero-order valence-electron chi connectivity index (χ0n) is 10.9. The molecule has 19 heavy (non-hydrogen) atoms. The molecule has 1 atom stereocenters. The van der Waals surface area contributed by atoms with Gasteiger partial charge in [-0.25, -0.2) is 4.39 Å². The third-order valence-corrected chi connectivity index (χ3v) is 4.29. The van der Waals surface area contributed by atoms with Crippen LogP contribution in [0, 0.1) is 5.82 Å². The lowest BCUT2D eigenvalue weighted by Crippen LogP contribution is -2.49. The summed E-state index contributed by atoms with van der Waals surface area (Å²) in [7, 11) is 0. The summed E-state index contributed by atoms with van der Waals surface area (Å²) in [5.74, 6) is -0.206. The predicted molar refractivity (Wildman–Crippen MR) is 71.1 cm³/mol. The van der Waals surface area contributed by atoms with Gasteiger partial charge in [0.05, 0.1) is 5.41 Å². The highest BCUT2D eigenvalue weighted by atomic mass is 19.1. The lowest BCUT2D eigenvalue weighted by atomic mass is 9.92. The van der Waals surface area contributed by atoms with Gasteiger partial charge < -0.3 is 10.6 Å². The van der Waals surface area contributed by atoms with Gasteiger partial charge in [-0.15, -0.1) is 0 Å². The molecule has 1 unspecified atom stereocenters. The molecule has 2 N–H and O–H groups in total. The van der Waals surface area contributed by atoms with Gasteiger partial charge >= 0.3 is 0 Å². The van der Waals surface area contributed by atoms with Gasteiger partial charge in [0.15, 0.2) is 0 Å². The number of hydrogen-bond acceptors (Lipinski definition) is 2. The molecule has 0 aromatic heterocycles. The average molecular weight is 262 g/mol. The lowest BCUT2D eigenvalue weighted by Gasteiger charge is -2.33. The van der Waals surface area contributed by atoms with E-state index in [9.17, 15) is 9.18 Å². The second-order valence-corrected chi connectivity index (χ2v) is 5.72. The number of nitrogens with two attached hydrogens (primary N) is 1. The molecule has 3 nitrogen and oxygen atoms in total. The number of halogens is 1. The normalized spacial score (nSPS) is 25.2. The fraction of sp³-hybridized carbons (Fsp3) is 0.533. The van der Waals surface area contributed by atoms with Crippen LogP contribution in [0.3, 0.4) is 0 Å². The smallest absolute Gasteiger partial charge is 0.233 e. The van der Waals surface area contributed by atoms with Gasteiger partial charge in [0.1, 0.15) is 5.82 Å². The second-order valence-electron chi connectivity index (χ2n) is 5.72. The minimum absolute atomic E-state index is 0.0627. The van der Waals surface area contributed by atoms with Crippen molar-refractivity contribution in [2.45, 2.75) is 37.1 Å². The van der Waals surface area contributed by atoms with Crippen LogP contribution < -0.4 is 5.73 Å². The molecule has 1 aromatic carbocycles. The Bertz CT molecular complexity index is 499. The van der Waals surface area contributed by atoms with Crippen molar-refractivity contribution in [1.82, 2.24) is 4.90 Å². The Morgan fingerprint density at radius 1 is 1.37 bits per heavy atom. The molecular formula is C15H19FN2O. The number of carbonyl (C=O) groups is 1. The number of amides is 1. The van der Waals surface area contributed by atoms with Crippen molar-refractivity contribution in [1.29, 1.82) is 0 Å². The van der Waals surface area contributed by atoms with Gasteiger partial charge in [-0.05, 0) is 31.7 Å². The van der Waals surface area contributed by atoms with Gasteiger partial charge in [0.2, 0.25) is 5.91 Å². The number of likely N-dealkylation sites (tertiary alicyclic amines) is 1. The van der Waals surface area contributed by atoms with E-state index in [0.29, 0.717) is 12.1 Å². The highest BCUT2D eigenvalue weighted by molar-refractivity contribution is 5.91. The first-order chi connectivity index (χ1) is 9.13. The Hall–Kier alpha value is -1.42. The molecule has 2 fully saturated rings. The fourth-order valence-corrected chi connectivity index (χ4v) is 3.07. The highest BCUT2D eigenvalue weighted by Crippen LogP contribution is 2.50. The van der Waals surface area contributed by atoms with Crippen molar-refractivity contribution in [2.75, 3.05) is 13.1 Å². The van der Waals surface area contributed by atoms with E-state index in [1.54, 1.807) is 18.2 Å². The SMILES string of the molecule is NC1CCCN(C(=O)C2(c3ccccc3F)CC2)C1. The number of piperidine rings is 1. The summed E-state index contributed by atoms with van der Waals surface area (Å²) in [6.45, 7) is 1.36. The molecule has 1 saturated heterocycles. The molecule has 1 aromatic rings. The predicted octanol–water partition coefficient (Wildman–Crippen LogP) is 1.81. The molecule has 1 aliphatic carbocycles. The number of benzene rings is 1. The minimum Gasteiger partial charge on any atom is -0.340 e. The maximum Gasteiger partial charge on any atom is 0.233 e. The Morgan fingerprint density at radius 2 is 2.11 bits per heavy atom. The van der Waals surface area contributed by atoms with Crippen LogP contribution >= 0.6 is 0 Å². The van der Waals surface area contributed by atoms with E-state index in [-0.39, 0.29) is 17.8 Å². The van der Waals surface area contributed by atoms with Crippen molar-refractivity contribution in [3.8, 4) is 0 Å². The largest absolute Gasteiger partial charge is 0.340 e. The summed E-state index contributed by atoms with van der Waals surface area (Å²) in [5, 5.41) is 0. The van der Waals surface area contributed by atoms with E-state index in [2.05, 4.69) is 0 Å². The number of nitrogens with zero attached hydrogens (tertiary/aromatic N) is 1. The first kappa shape index (κ1) is 12.6. The summed E-state index contributed by atoms with van der Waals surface area (Å²) in [6, 6.07) is 6.70. The van der Waals surface area contributed by atoms with Crippen molar-refractivity contribution in [3.05, 3.63) is 35.6 Å². The van der Waals surface area contributed by atoms with Gasteiger partial charge in [-0.1, -0.05) is 18.2 Å². The first-order valence-electron chi connectivity index (χ1n) is 6.93. The Labute approximate surface area is 112 Å². The monoisotopic (exact) mass is 262 g/mol. The second kappa shape index (κ2) is 4.60. The van der Waals surface area contributed by atoms with Crippen molar-refractivity contribution in [2.24, 2.45) is 5.73 Å². The summed E-state index contributed by atoms with van der Waals surface area (Å²) in [5.41, 5.74) is 5.87. The third kappa shape index (κ3) is 2.14. The van der Waals surface area contributed by atoms with Gasteiger partial charge in [-0.3, -0.25) is 4.79 Å². The Morgan fingerprint density at radius 3 is 2.74 bits per heavy atom. The lowest BCUT2D eigenvalue weighted by molar-refractivity contribution is -0.135. The van der Waals surface area contributed by atoms with E-state index in [4.69, 9.17) is 5.73 Å². The molecule has 1 saturated carbocycles. The maximum atomic E-state index is 13.9. The highest BCUT2D eigenvalue weighted by Gasteiger charge is 2.54. The number of carbonyl (C=O) groups excluding carboxylic acids is 1. The van der Waals surface area contributed by atoms with Gasteiger partial charge in [-0.2, -0.15) is 0 Å². The van der Waals surface area contributed by atoms with E-state index < -0.39 is 5.41 Å². The zero-order chi connectivity index (χ0) is 13.5. The topological polar surface area (TPSA) is 46.3 Å². The maximum absolute atomic E-state index is 13.9. The van der Waals surface area contributed by atoms with Crippen LogP contribution in [-0.2, 0) is 10.2 Å². The van der Waals surface area contributed by atoms with Crippen LogP contribution in [0.2, 0.25) is 0 Å². The van der Waals surface area contributed by atoms with E-state index in [0.717, 1.165) is 32.2 Å². The van der Waals surface area contributed by atoms with E-state index >= 15 is 0 Å². The molecule has 1 aliphatic heterocycles. The average Bonchev–Trinajstić information content (AvgIpc) is 3.20. The first-order valence-corrected chi connectivity index (χ1v) is 6.93. The van der Waals surface area contributed by atoms with Crippen LogP contribution in [0.4, 0.5) is 4.39 Å². The summed E-state index contributed by atoms with van der Waals surface area (Å²) in [4.78, 5) is 14.5. The fourth-order valence-electron chi connectivity index (χ4n) is 3.07. The summed E-state index contributed by atoms with van der Waals surface area (Å²) < 4.78 is 13.9. The molecule has 3 rings (SSSR count).